The van der Waals surface area contributed by atoms with Gasteiger partial charge in [0, 0.05) is 16.4 Å². The third-order valence-corrected chi connectivity index (χ3v) is 3.65. The average Bonchev–Trinajstić information content (AvgIpc) is 2.98. The summed E-state index contributed by atoms with van der Waals surface area (Å²) in [5, 5.41) is 0. The maximum absolute atomic E-state index is 5.79. The Kier molecular flexibility index (Phi) is 2.54. The van der Waals surface area contributed by atoms with Gasteiger partial charge in [-0.05, 0) is 30.5 Å². The van der Waals surface area contributed by atoms with Crippen molar-refractivity contribution >= 4 is 15.9 Å². The highest BCUT2D eigenvalue weighted by Crippen LogP contribution is 2.50. The fourth-order valence-corrected chi connectivity index (χ4v) is 2.57. The van der Waals surface area contributed by atoms with Crippen molar-refractivity contribution in [2.45, 2.75) is 18.3 Å². The summed E-state index contributed by atoms with van der Waals surface area (Å²) in [6.07, 6.45) is 2.41. The van der Waals surface area contributed by atoms with Crippen LogP contribution in [0, 0.1) is 0 Å². The van der Waals surface area contributed by atoms with Gasteiger partial charge in [-0.1, -0.05) is 22.0 Å². The standard InChI is InChI=1S/C11H14BrNO/c1-14-8-2-3-9(10(12)6-8)11(7-13)4-5-11/h2-3,6H,4-5,7,13H2,1H3. The van der Waals surface area contributed by atoms with Crippen LogP contribution in [0.3, 0.4) is 0 Å². The van der Waals surface area contributed by atoms with Crippen LogP contribution in [0.2, 0.25) is 0 Å². The molecule has 0 atom stereocenters. The second-order valence-corrected chi connectivity index (χ2v) is 4.68. The lowest BCUT2D eigenvalue weighted by Crippen LogP contribution is -2.20. The lowest BCUT2D eigenvalue weighted by Gasteiger charge is -2.15. The van der Waals surface area contributed by atoms with Crippen LogP contribution >= 0.6 is 15.9 Å². The van der Waals surface area contributed by atoms with Gasteiger partial charge in [-0.2, -0.15) is 0 Å². The van der Waals surface area contributed by atoms with E-state index < -0.39 is 0 Å². The SMILES string of the molecule is COc1ccc(C2(CN)CC2)c(Br)c1. The fourth-order valence-electron chi connectivity index (χ4n) is 1.79. The number of hydrogen-bond donors (Lipinski definition) is 1. The number of hydrogen-bond acceptors (Lipinski definition) is 2. The van der Waals surface area contributed by atoms with E-state index in [1.165, 1.54) is 18.4 Å². The number of halogens is 1. The van der Waals surface area contributed by atoms with E-state index in [4.69, 9.17) is 10.5 Å². The molecule has 0 saturated heterocycles. The monoisotopic (exact) mass is 255 g/mol. The predicted molar refractivity (Wildman–Crippen MR) is 60.7 cm³/mol. The Morgan fingerprint density at radius 3 is 2.64 bits per heavy atom. The van der Waals surface area contributed by atoms with Crippen molar-refractivity contribution in [3.05, 3.63) is 28.2 Å². The zero-order valence-electron chi connectivity index (χ0n) is 8.22. The van der Waals surface area contributed by atoms with Gasteiger partial charge in [-0.25, -0.2) is 0 Å². The number of benzene rings is 1. The van der Waals surface area contributed by atoms with Gasteiger partial charge in [0.25, 0.3) is 0 Å². The van der Waals surface area contributed by atoms with Crippen LogP contribution in [-0.2, 0) is 5.41 Å². The van der Waals surface area contributed by atoms with Gasteiger partial charge in [-0.15, -0.1) is 0 Å². The van der Waals surface area contributed by atoms with E-state index in [1.54, 1.807) is 7.11 Å². The summed E-state index contributed by atoms with van der Waals surface area (Å²) in [7, 11) is 1.68. The molecule has 1 aromatic carbocycles. The Balaban J connectivity index is 2.36. The Bertz CT molecular complexity index is 347. The maximum atomic E-state index is 5.79. The molecular formula is C11H14BrNO. The summed E-state index contributed by atoms with van der Waals surface area (Å²) in [5.74, 6) is 0.883. The first-order valence-corrected chi connectivity index (χ1v) is 5.55. The average molecular weight is 256 g/mol. The van der Waals surface area contributed by atoms with Crippen LogP contribution < -0.4 is 10.5 Å². The maximum Gasteiger partial charge on any atom is 0.120 e. The highest BCUT2D eigenvalue weighted by molar-refractivity contribution is 9.10. The number of ether oxygens (including phenoxy) is 1. The third-order valence-electron chi connectivity index (χ3n) is 2.99. The summed E-state index contributed by atoms with van der Waals surface area (Å²) in [6.45, 7) is 0.734. The first-order valence-electron chi connectivity index (χ1n) is 4.76. The lowest BCUT2D eigenvalue weighted by atomic mass is 9.96. The first kappa shape index (κ1) is 9.99. The molecule has 1 saturated carbocycles. The zero-order chi connectivity index (χ0) is 10.2. The Morgan fingerprint density at radius 2 is 2.21 bits per heavy atom. The molecular weight excluding hydrogens is 242 g/mol. The normalized spacial score (nSPS) is 17.9. The molecule has 2 rings (SSSR count). The molecule has 0 bridgehead atoms. The molecule has 2 N–H and O–H groups in total. The van der Waals surface area contributed by atoms with Crippen molar-refractivity contribution in [2.75, 3.05) is 13.7 Å². The number of rotatable bonds is 3. The van der Waals surface area contributed by atoms with E-state index in [9.17, 15) is 0 Å². The van der Waals surface area contributed by atoms with E-state index in [0.717, 1.165) is 16.8 Å². The van der Waals surface area contributed by atoms with E-state index in [-0.39, 0.29) is 5.41 Å². The molecule has 0 amide bonds. The molecule has 1 fully saturated rings. The van der Waals surface area contributed by atoms with Gasteiger partial charge in [-0.3, -0.25) is 0 Å². The van der Waals surface area contributed by atoms with Gasteiger partial charge >= 0.3 is 0 Å². The van der Waals surface area contributed by atoms with E-state index >= 15 is 0 Å². The summed E-state index contributed by atoms with van der Waals surface area (Å²) in [4.78, 5) is 0. The van der Waals surface area contributed by atoms with Gasteiger partial charge in [0.15, 0.2) is 0 Å². The number of nitrogens with two attached hydrogens (primary N) is 1. The van der Waals surface area contributed by atoms with Crippen LogP contribution in [0.15, 0.2) is 22.7 Å². The van der Waals surface area contributed by atoms with Gasteiger partial charge < -0.3 is 10.5 Å². The van der Waals surface area contributed by atoms with Gasteiger partial charge in [0.2, 0.25) is 0 Å². The molecule has 1 aliphatic rings. The molecule has 0 aliphatic heterocycles. The van der Waals surface area contributed by atoms with E-state index in [2.05, 4.69) is 22.0 Å². The summed E-state index contributed by atoms with van der Waals surface area (Å²) >= 11 is 3.57. The molecule has 0 spiro atoms. The highest BCUT2D eigenvalue weighted by Gasteiger charge is 2.43. The molecule has 0 unspecified atom stereocenters. The third kappa shape index (κ3) is 1.55. The van der Waals surface area contributed by atoms with Crippen molar-refractivity contribution < 1.29 is 4.74 Å². The van der Waals surface area contributed by atoms with Gasteiger partial charge in [0.1, 0.15) is 5.75 Å². The topological polar surface area (TPSA) is 35.2 Å². The molecule has 1 aromatic rings. The summed E-state index contributed by atoms with van der Waals surface area (Å²) < 4.78 is 6.27. The van der Waals surface area contributed by atoms with E-state index in [0.29, 0.717) is 0 Å². The van der Waals surface area contributed by atoms with Crippen LogP contribution in [0.25, 0.3) is 0 Å². The fraction of sp³-hybridized carbons (Fsp3) is 0.455. The molecule has 0 heterocycles. The van der Waals surface area contributed by atoms with Crippen LogP contribution in [0.5, 0.6) is 5.75 Å². The minimum Gasteiger partial charge on any atom is -0.497 e. The molecule has 14 heavy (non-hydrogen) atoms. The predicted octanol–water partition coefficient (Wildman–Crippen LogP) is 2.45. The van der Waals surface area contributed by atoms with E-state index in [1.807, 2.05) is 12.1 Å². The van der Waals surface area contributed by atoms with Crippen LogP contribution in [-0.4, -0.2) is 13.7 Å². The molecule has 2 nitrogen and oxygen atoms in total. The first-order chi connectivity index (χ1) is 6.72. The largest absolute Gasteiger partial charge is 0.497 e. The highest BCUT2D eigenvalue weighted by atomic mass is 79.9. The Morgan fingerprint density at radius 1 is 1.50 bits per heavy atom. The Hall–Kier alpha value is -0.540. The second-order valence-electron chi connectivity index (χ2n) is 3.83. The lowest BCUT2D eigenvalue weighted by molar-refractivity contribution is 0.414. The molecule has 76 valence electrons. The minimum atomic E-state index is 0.241. The number of methoxy groups -OCH3 is 1. The quantitative estimate of drug-likeness (QED) is 0.901. The summed E-state index contributed by atoms with van der Waals surface area (Å²) in [5.41, 5.74) is 7.35. The van der Waals surface area contributed by atoms with Crippen molar-refractivity contribution in [3.8, 4) is 5.75 Å². The molecule has 0 aromatic heterocycles. The minimum absolute atomic E-state index is 0.241. The van der Waals surface area contributed by atoms with Crippen molar-refractivity contribution in [3.63, 3.8) is 0 Å². The van der Waals surface area contributed by atoms with Crippen LogP contribution in [0.1, 0.15) is 18.4 Å². The molecule has 3 heteroatoms. The molecule has 0 radical (unpaired) electrons. The summed E-state index contributed by atoms with van der Waals surface area (Å²) in [6, 6.07) is 6.11. The second kappa shape index (κ2) is 3.55. The smallest absolute Gasteiger partial charge is 0.120 e. The van der Waals surface area contributed by atoms with Crippen LogP contribution in [0.4, 0.5) is 0 Å². The van der Waals surface area contributed by atoms with Crippen molar-refractivity contribution in [2.24, 2.45) is 5.73 Å². The Labute approximate surface area is 92.6 Å². The zero-order valence-corrected chi connectivity index (χ0v) is 9.80. The molecule has 1 aliphatic carbocycles. The van der Waals surface area contributed by atoms with Crippen molar-refractivity contribution in [1.29, 1.82) is 0 Å². The van der Waals surface area contributed by atoms with Crippen molar-refractivity contribution in [1.82, 2.24) is 0 Å². The van der Waals surface area contributed by atoms with Gasteiger partial charge in [0.05, 0.1) is 7.11 Å².